The highest BCUT2D eigenvalue weighted by molar-refractivity contribution is 6.04. The molecule has 0 saturated carbocycles. The molecule has 1 N–H and O–H groups in total. The van der Waals surface area contributed by atoms with Gasteiger partial charge in [-0.1, -0.05) is 12.0 Å². The molecule has 0 atom stereocenters. The summed E-state index contributed by atoms with van der Waals surface area (Å²) in [6, 6.07) is 12.0. The monoisotopic (exact) mass is 406 g/mol. The molecular weight excluding hydrogens is 380 g/mol. The van der Waals surface area contributed by atoms with Crippen LogP contribution in [0.3, 0.4) is 0 Å². The van der Waals surface area contributed by atoms with Gasteiger partial charge < -0.3 is 19.7 Å². The third kappa shape index (κ3) is 5.54. The van der Waals surface area contributed by atoms with Crippen molar-refractivity contribution in [1.29, 1.82) is 0 Å². The van der Waals surface area contributed by atoms with Crippen LogP contribution in [-0.2, 0) is 4.79 Å². The minimum absolute atomic E-state index is 0.0348. The topological polar surface area (TPSA) is 67.9 Å². The summed E-state index contributed by atoms with van der Waals surface area (Å²) in [5.41, 5.74) is 1.71. The number of hydrogen-bond acceptors (Lipinski definition) is 4. The second kappa shape index (κ2) is 10.4. The van der Waals surface area contributed by atoms with Gasteiger partial charge in [0.1, 0.15) is 0 Å². The summed E-state index contributed by atoms with van der Waals surface area (Å²) in [4.78, 5) is 26.8. The third-order valence-corrected chi connectivity index (χ3v) is 4.85. The van der Waals surface area contributed by atoms with Crippen molar-refractivity contribution >= 4 is 17.5 Å². The van der Waals surface area contributed by atoms with Crippen molar-refractivity contribution in [1.82, 2.24) is 4.90 Å². The number of amides is 2. The predicted molar refractivity (Wildman–Crippen MR) is 116 cm³/mol. The van der Waals surface area contributed by atoms with Crippen LogP contribution in [0.2, 0.25) is 0 Å². The van der Waals surface area contributed by atoms with Gasteiger partial charge in [-0.3, -0.25) is 9.59 Å². The number of carbonyl (C=O) groups excluding carboxylic acids is 2. The number of benzene rings is 2. The fourth-order valence-corrected chi connectivity index (χ4v) is 3.30. The first-order chi connectivity index (χ1) is 14.6. The molecule has 6 nitrogen and oxygen atoms in total. The van der Waals surface area contributed by atoms with Crippen LogP contribution in [0.5, 0.6) is 11.5 Å². The van der Waals surface area contributed by atoms with Gasteiger partial charge in [-0.15, -0.1) is 6.42 Å². The largest absolute Gasteiger partial charge is 0.490 e. The van der Waals surface area contributed by atoms with E-state index in [1.54, 1.807) is 42.5 Å². The van der Waals surface area contributed by atoms with E-state index in [1.165, 1.54) is 0 Å². The van der Waals surface area contributed by atoms with Crippen molar-refractivity contribution in [3.63, 3.8) is 0 Å². The van der Waals surface area contributed by atoms with Gasteiger partial charge in [0, 0.05) is 29.9 Å². The Bertz CT molecular complexity index is 942. The van der Waals surface area contributed by atoms with E-state index in [0.717, 1.165) is 32.4 Å². The molecule has 2 aromatic rings. The van der Waals surface area contributed by atoms with E-state index < -0.39 is 0 Å². The molecule has 0 aliphatic carbocycles. The van der Waals surface area contributed by atoms with E-state index in [-0.39, 0.29) is 18.4 Å². The number of likely N-dealkylation sites (tertiary alicyclic amines) is 1. The molecule has 156 valence electrons. The number of anilines is 1. The van der Waals surface area contributed by atoms with Crippen molar-refractivity contribution in [2.75, 3.05) is 31.6 Å². The number of hydrogen-bond donors (Lipinski definition) is 1. The third-order valence-electron chi connectivity index (χ3n) is 4.85. The molecule has 1 aliphatic rings. The Balaban J connectivity index is 1.68. The van der Waals surface area contributed by atoms with Crippen LogP contribution in [0, 0.1) is 12.3 Å². The molecule has 0 unspecified atom stereocenters. The minimum Gasteiger partial charge on any atom is -0.490 e. The molecule has 0 aromatic heterocycles. The molecule has 2 aromatic carbocycles. The molecule has 6 heteroatoms. The van der Waals surface area contributed by atoms with Gasteiger partial charge in [0.2, 0.25) is 0 Å². The smallest absolute Gasteiger partial charge is 0.260 e. The lowest BCUT2D eigenvalue weighted by Gasteiger charge is -2.26. The van der Waals surface area contributed by atoms with Crippen LogP contribution in [-0.4, -0.2) is 43.0 Å². The zero-order valence-corrected chi connectivity index (χ0v) is 17.1. The molecule has 3 rings (SSSR count). The Hall–Kier alpha value is -3.46. The molecule has 1 heterocycles. The molecular formula is C24H26N2O4. The maximum absolute atomic E-state index is 12.6. The zero-order chi connectivity index (χ0) is 21.3. The van der Waals surface area contributed by atoms with Crippen LogP contribution in [0.25, 0.3) is 0 Å². The van der Waals surface area contributed by atoms with Crippen LogP contribution < -0.4 is 14.8 Å². The highest BCUT2D eigenvalue weighted by Gasteiger charge is 2.18. The van der Waals surface area contributed by atoms with Gasteiger partial charge in [-0.25, -0.2) is 0 Å². The lowest BCUT2D eigenvalue weighted by Crippen LogP contribution is -2.38. The number of terminal acetylenes is 1. The van der Waals surface area contributed by atoms with Gasteiger partial charge in [0.05, 0.1) is 6.61 Å². The number of piperidine rings is 1. The average molecular weight is 406 g/mol. The summed E-state index contributed by atoms with van der Waals surface area (Å²) in [7, 11) is 0. The Labute approximate surface area is 177 Å². The van der Waals surface area contributed by atoms with E-state index in [1.807, 2.05) is 11.8 Å². The molecule has 1 saturated heterocycles. The molecule has 0 spiro atoms. The second-order valence-corrected chi connectivity index (χ2v) is 7.00. The number of nitrogens with zero attached hydrogens (tertiary/aromatic N) is 1. The van der Waals surface area contributed by atoms with Gasteiger partial charge in [-0.05, 0) is 62.6 Å². The van der Waals surface area contributed by atoms with Crippen LogP contribution in [0.1, 0.15) is 42.1 Å². The standard InChI is InChI=1S/C24H26N2O4/c1-3-18-9-8-10-20(15-18)25-24(28)19-11-12-21(22(16-19)29-4-2)30-17-23(27)26-13-6-5-7-14-26/h1,8-12,15-16H,4-7,13-14,17H2,2H3,(H,25,28). The Kier molecular flexibility index (Phi) is 7.34. The first kappa shape index (κ1) is 21.3. The van der Waals surface area contributed by atoms with Crippen molar-refractivity contribution in [2.45, 2.75) is 26.2 Å². The normalized spacial score (nSPS) is 13.3. The molecule has 1 fully saturated rings. The average Bonchev–Trinajstić information content (AvgIpc) is 2.78. The van der Waals surface area contributed by atoms with Gasteiger partial charge in [0.15, 0.2) is 18.1 Å². The van der Waals surface area contributed by atoms with Crippen LogP contribution in [0.4, 0.5) is 5.69 Å². The summed E-state index contributed by atoms with van der Waals surface area (Å²) >= 11 is 0. The van der Waals surface area contributed by atoms with E-state index >= 15 is 0 Å². The quantitative estimate of drug-likeness (QED) is 0.712. The maximum atomic E-state index is 12.6. The maximum Gasteiger partial charge on any atom is 0.260 e. The van der Waals surface area contributed by atoms with Crippen molar-refractivity contribution in [3.05, 3.63) is 53.6 Å². The fraction of sp³-hybridized carbons (Fsp3) is 0.333. The Morgan fingerprint density at radius 3 is 2.60 bits per heavy atom. The molecule has 0 bridgehead atoms. The number of rotatable bonds is 7. The molecule has 0 radical (unpaired) electrons. The summed E-state index contributed by atoms with van der Waals surface area (Å²) in [5.74, 6) is 3.08. The van der Waals surface area contributed by atoms with E-state index in [0.29, 0.717) is 34.9 Å². The minimum atomic E-state index is -0.291. The Morgan fingerprint density at radius 2 is 1.87 bits per heavy atom. The number of ether oxygens (including phenoxy) is 2. The van der Waals surface area contributed by atoms with Crippen LogP contribution in [0.15, 0.2) is 42.5 Å². The van der Waals surface area contributed by atoms with Gasteiger partial charge in [-0.2, -0.15) is 0 Å². The second-order valence-electron chi connectivity index (χ2n) is 7.00. The predicted octanol–water partition coefficient (Wildman–Crippen LogP) is 3.71. The van der Waals surface area contributed by atoms with Gasteiger partial charge >= 0.3 is 0 Å². The lowest BCUT2D eigenvalue weighted by atomic mass is 10.1. The highest BCUT2D eigenvalue weighted by Crippen LogP contribution is 2.29. The zero-order valence-electron chi connectivity index (χ0n) is 17.1. The van der Waals surface area contributed by atoms with E-state index in [2.05, 4.69) is 11.2 Å². The summed E-state index contributed by atoms with van der Waals surface area (Å²) < 4.78 is 11.4. The fourth-order valence-electron chi connectivity index (χ4n) is 3.30. The van der Waals surface area contributed by atoms with Gasteiger partial charge in [0.25, 0.3) is 11.8 Å². The number of nitrogens with one attached hydrogen (secondary N) is 1. The summed E-state index contributed by atoms with van der Waals surface area (Å²) in [6.07, 6.45) is 8.63. The first-order valence-corrected chi connectivity index (χ1v) is 10.2. The first-order valence-electron chi connectivity index (χ1n) is 10.2. The molecule has 30 heavy (non-hydrogen) atoms. The summed E-state index contributed by atoms with van der Waals surface area (Å²) in [5, 5.41) is 2.82. The molecule has 1 aliphatic heterocycles. The molecule has 2 amide bonds. The highest BCUT2D eigenvalue weighted by atomic mass is 16.5. The van der Waals surface area contributed by atoms with E-state index in [9.17, 15) is 9.59 Å². The van der Waals surface area contributed by atoms with Crippen molar-refractivity contribution < 1.29 is 19.1 Å². The SMILES string of the molecule is C#Cc1cccc(NC(=O)c2ccc(OCC(=O)N3CCCCC3)c(OCC)c2)c1. The number of carbonyl (C=O) groups is 2. The summed E-state index contributed by atoms with van der Waals surface area (Å²) in [6.45, 7) is 3.76. The van der Waals surface area contributed by atoms with Crippen molar-refractivity contribution in [3.8, 4) is 23.8 Å². The van der Waals surface area contributed by atoms with Crippen LogP contribution >= 0.6 is 0 Å². The lowest BCUT2D eigenvalue weighted by molar-refractivity contribution is -0.134. The van der Waals surface area contributed by atoms with E-state index in [4.69, 9.17) is 15.9 Å². The Morgan fingerprint density at radius 1 is 1.07 bits per heavy atom. The van der Waals surface area contributed by atoms with Crippen molar-refractivity contribution in [2.24, 2.45) is 0 Å².